The number of para-hydroxylation sites is 2. The summed E-state index contributed by atoms with van der Waals surface area (Å²) in [7, 11) is 0. The lowest BCUT2D eigenvalue weighted by Crippen LogP contribution is -1.98. The van der Waals surface area contributed by atoms with Crippen LogP contribution in [0.4, 0.5) is 0 Å². The second kappa shape index (κ2) is 6.00. The van der Waals surface area contributed by atoms with Gasteiger partial charge >= 0.3 is 0 Å². The standard InChI is InChI=1S/C15H11Cl2NOS/c16-8-10-4-3-5-11(17)15(10)19-9-14-18-12-6-1-2-7-13(12)20-14/h1-7H,8-9H2. The Morgan fingerprint density at radius 3 is 2.75 bits per heavy atom. The van der Waals surface area contributed by atoms with E-state index >= 15 is 0 Å². The summed E-state index contributed by atoms with van der Waals surface area (Å²) in [6.07, 6.45) is 0. The van der Waals surface area contributed by atoms with Crippen LogP contribution >= 0.6 is 34.5 Å². The van der Waals surface area contributed by atoms with E-state index in [1.807, 2.05) is 30.3 Å². The molecule has 0 unspecified atom stereocenters. The molecule has 0 fully saturated rings. The van der Waals surface area contributed by atoms with Crippen molar-refractivity contribution in [1.29, 1.82) is 0 Å². The predicted octanol–water partition coefficient (Wildman–Crippen LogP) is 5.27. The molecule has 1 aromatic heterocycles. The molecule has 0 aliphatic carbocycles. The van der Waals surface area contributed by atoms with Gasteiger partial charge in [-0.3, -0.25) is 0 Å². The van der Waals surface area contributed by atoms with Gasteiger partial charge in [-0.2, -0.15) is 0 Å². The molecule has 5 heteroatoms. The number of nitrogens with zero attached hydrogens (tertiary/aromatic N) is 1. The SMILES string of the molecule is ClCc1cccc(Cl)c1OCc1nc2ccccc2s1. The number of rotatable bonds is 4. The van der Waals surface area contributed by atoms with Gasteiger partial charge in [0.05, 0.1) is 21.1 Å². The Kier molecular flexibility index (Phi) is 4.10. The number of thiazole rings is 1. The van der Waals surface area contributed by atoms with Crippen LogP contribution in [0.2, 0.25) is 5.02 Å². The quantitative estimate of drug-likeness (QED) is 0.610. The number of halogens is 2. The normalized spacial score (nSPS) is 10.9. The van der Waals surface area contributed by atoms with E-state index in [0.717, 1.165) is 20.8 Å². The summed E-state index contributed by atoms with van der Waals surface area (Å²) in [4.78, 5) is 4.53. The fraction of sp³-hybridized carbons (Fsp3) is 0.133. The molecular formula is C15H11Cl2NOS. The third-order valence-corrected chi connectivity index (χ3v) is 4.47. The van der Waals surface area contributed by atoms with Crippen LogP contribution in [0.25, 0.3) is 10.2 Å². The Morgan fingerprint density at radius 1 is 1.10 bits per heavy atom. The van der Waals surface area contributed by atoms with Crippen LogP contribution in [0, 0.1) is 0 Å². The molecule has 0 radical (unpaired) electrons. The molecule has 0 bridgehead atoms. The van der Waals surface area contributed by atoms with Crippen LogP contribution in [-0.2, 0) is 12.5 Å². The first-order valence-electron chi connectivity index (χ1n) is 6.08. The number of hydrogen-bond acceptors (Lipinski definition) is 3. The van der Waals surface area contributed by atoms with Gasteiger partial charge in [-0.15, -0.1) is 22.9 Å². The third kappa shape index (κ3) is 2.75. The number of benzene rings is 2. The largest absolute Gasteiger partial charge is 0.485 e. The van der Waals surface area contributed by atoms with Crippen molar-refractivity contribution in [1.82, 2.24) is 4.98 Å². The van der Waals surface area contributed by atoms with Crippen molar-refractivity contribution >= 4 is 44.8 Å². The topological polar surface area (TPSA) is 22.1 Å². The van der Waals surface area contributed by atoms with Gasteiger partial charge in [-0.1, -0.05) is 35.9 Å². The molecule has 0 N–H and O–H groups in total. The first kappa shape index (κ1) is 13.7. The molecule has 0 aliphatic rings. The summed E-state index contributed by atoms with van der Waals surface area (Å²) in [5, 5.41) is 1.50. The highest BCUT2D eigenvalue weighted by molar-refractivity contribution is 7.18. The van der Waals surface area contributed by atoms with Crippen molar-refractivity contribution in [3.8, 4) is 5.75 Å². The zero-order valence-corrected chi connectivity index (χ0v) is 12.8. The molecule has 1 heterocycles. The maximum Gasteiger partial charge on any atom is 0.142 e. The average molecular weight is 324 g/mol. The van der Waals surface area contributed by atoms with E-state index in [0.29, 0.717) is 23.3 Å². The monoisotopic (exact) mass is 323 g/mol. The number of hydrogen-bond donors (Lipinski definition) is 0. The Bertz CT molecular complexity index is 709. The van der Waals surface area contributed by atoms with Gasteiger partial charge in [0.25, 0.3) is 0 Å². The highest BCUT2D eigenvalue weighted by Crippen LogP contribution is 2.31. The third-order valence-electron chi connectivity index (χ3n) is 2.87. The molecule has 20 heavy (non-hydrogen) atoms. The van der Waals surface area contributed by atoms with Gasteiger partial charge in [0, 0.05) is 5.56 Å². The molecule has 0 saturated heterocycles. The molecule has 0 amide bonds. The van der Waals surface area contributed by atoms with E-state index in [2.05, 4.69) is 11.1 Å². The van der Waals surface area contributed by atoms with Crippen molar-refractivity contribution in [2.75, 3.05) is 0 Å². The summed E-state index contributed by atoms with van der Waals surface area (Å²) in [5.41, 5.74) is 1.88. The molecular weight excluding hydrogens is 313 g/mol. The second-order valence-electron chi connectivity index (χ2n) is 4.23. The van der Waals surface area contributed by atoms with Crippen LogP contribution < -0.4 is 4.74 Å². The fourth-order valence-electron chi connectivity index (χ4n) is 1.94. The van der Waals surface area contributed by atoms with Crippen LogP contribution in [-0.4, -0.2) is 4.98 Å². The second-order valence-corrected chi connectivity index (χ2v) is 6.02. The van der Waals surface area contributed by atoms with Gasteiger partial charge in [0.1, 0.15) is 17.4 Å². The Hall–Kier alpha value is -1.29. The minimum atomic E-state index is 0.371. The molecule has 102 valence electrons. The van der Waals surface area contributed by atoms with E-state index < -0.39 is 0 Å². The summed E-state index contributed by atoms with van der Waals surface area (Å²) >= 11 is 13.7. The Labute approximate surface area is 130 Å². The van der Waals surface area contributed by atoms with E-state index in [1.165, 1.54) is 0 Å². The summed E-state index contributed by atoms with van der Waals surface area (Å²) in [6, 6.07) is 13.6. The maximum atomic E-state index is 6.15. The molecule has 0 spiro atoms. The van der Waals surface area contributed by atoms with Crippen molar-refractivity contribution in [2.45, 2.75) is 12.5 Å². The molecule has 2 nitrogen and oxygen atoms in total. The van der Waals surface area contributed by atoms with E-state index in [1.54, 1.807) is 17.4 Å². The molecule has 0 atom stereocenters. The number of alkyl halides is 1. The summed E-state index contributed by atoms with van der Waals surface area (Å²) in [6.45, 7) is 0.396. The highest BCUT2D eigenvalue weighted by atomic mass is 35.5. The number of aromatic nitrogens is 1. The van der Waals surface area contributed by atoms with Gasteiger partial charge < -0.3 is 4.74 Å². The average Bonchev–Trinajstić information content (AvgIpc) is 2.88. The summed E-state index contributed by atoms with van der Waals surface area (Å²) < 4.78 is 6.96. The van der Waals surface area contributed by atoms with E-state index in [9.17, 15) is 0 Å². The molecule has 0 aliphatic heterocycles. The van der Waals surface area contributed by atoms with E-state index in [-0.39, 0.29) is 0 Å². The van der Waals surface area contributed by atoms with Crippen molar-refractivity contribution in [2.24, 2.45) is 0 Å². The minimum Gasteiger partial charge on any atom is -0.485 e. The van der Waals surface area contributed by atoms with E-state index in [4.69, 9.17) is 27.9 Å². The Morgan fingerprint density at radius 2 is 1.95 bits per heavy atom. The van der Waals surface area contributed by atoms with Crippen LogP contribution in [0.15, 0.2) is 42.5 Å². The molecule has 2 aromatic carbocycles. The lowest BCUT2D eigenvalue weighted by molar-refractivity contribution is 0.303. The Balaban J connectivity index is 1.82. The molecule has 3 aromatic rings. The molecule has 3 rings (SSSR count). The first-order chi connectivity index (χ1) is 9.78. The predicted molar refractivity (Wildman–Crippen MR) is 85.0 cm³/mol. The van der Waals surface area contributed by atoms with Crippen molar-refractivity contribution in [3.05, 3.63) is 58.1 Å². The first-order valence-corrected chi connectivity index (χ1v) is 7.81. The fourth-order valence-corrected chi connectivity index (χ4v) is 3.28. The zero-order chi connectivity index (χ0) is 13.9. The lowest BCUT2D eigenvalue weighted by atomic mass is 10.2. The number of fused-ring (bicyclic) bond motifs is 1. The molecule has 0 saturated carbocycles. The van der Waals surface area contributed by atoms with Crippen LogP contribution in [0.3, 0.4) is 0 Å². The lowest BCUT2D eigenvalue weighted by Gasteiger charge is -2.10. The highest BCUT2D eigenvalue weighted by Gasteiger charge is 2.10. The van der Waals surface area contributed by atoms with Gasteiger partial charge in [-0.25, -0.2) is 4.98 Å². The van der Waals surface area contributed by atoms with Gasteiger partial charge in [0.2, 0.25) is 0 Å². The van der Waals surface area contributed by atoms with Crippen LogP contribution in [0.5, 0.6) is 5.75 Å². The van der Waals surface area contributed by atoms with Crippen molar-refractivity contribution < 1.29 is 4.74 Å². The smallest absolute Gasteiger partial charge is 0.142 e. The summed E-state index contributed by atoms with van der Waals surface area (Å²) in [5.74, 6) is 1.01. The minimum absolute atomic E-state index is 0.371. The van der Waals surface area contributed by atoms with Crippen LogP contribution in [0.1, 0.15) is 10.6 Å². The maximum absolute atomic E-state index is 6.15. The van der Waals surface area contributed by atoms with Gasteiger partial charge in [-0.05, 0) is 18.2 Å². The van der Waals surface area contributed by atoms with Gasteiger partial charge in [0.15, 0.2) is 0 Å². The zero-order valence-electron chi connectivity index (χ0n) is 10.5. The van der Waals surface area contributed by atoms with Crippen molar-refractivity contribution in [3.63, 3.8) is 0 Å². The number of ether oxygens (including phenoxy) is 1.